The lowest BCUT2D eigenvalue weighted by Crippen LogP contribution is -2.44. The maximum absolute atomic E-state index is 5.33. The van der Waals surface area contributed by atoms with E-state index >= 15 is 0 Å². The number of hydrogen-bond acceptors (Lipinski definition) is 7. The SMILES string of the molecule is CN1CCNCC1c1noc(CCc2nccs2)n1. The number of hydrogen-bond donors (Lipinski definition) is 1. The van der Waals surface area contributed by atoms with Crippen molar-refractivity contribution in [2.24, 2.45) is 0 Å². The molecule has 1 fully saturated rings. The van der Waals surface area contributed by atoms with E-state index in [1.807, 2.05) is 11.6 Å². The molecule has 3 heterocycles. The number of nitrogens with one attached hydrogen (secondary N) is 1. The van der Waals surface area contributed by atoms with E-state index in [-0.39, 0.29) is 6.04 Å². The van der Waals surface area contributed by atoms with E-state index < -0.39 is 0 Å². The third-order valence-corrected chi connectivity index (χ3v) is 4.17. The molecule has 1 atom stereocenters. The van der Waals surface area contributed by atoms with Gasteiger partial charge < -0.3 is 9.84 Å². The smallest absolute Gasteiger partial charge is 0.227 e. The van der Waals surface area contributed by atoms with Crippen LogP contribution < -0.4 is 5.32 Å². The highest BCUT2D eigenvalue weighted by molar-refractivity contribution is 7.09. The largest absolute Gasteiger partial charge is 0.339 e. The fourth-order valence-electron chi connectivity index (χ4n) is 2.19. The Balaban J connectivity index is 1.62. The normalized spacial score (nSPS) is 20.8. The van der Waals surface area contributed by atoms with Crippen molar-refractivity contribution in [1.82, 2.24) is 25.3 Å². The highest BCUT2D eigenvalue weighted by atomic mass is 32.1. The molecule has 0 saturated carbocycles. The van der Waals surface area contributed by atoms with Gasteiger partial charge in [-0.15, -0.1) is 11.3 Å². The Morgan fingerprint density at radius 2 is 2.47 bits per heavy atom. The van der Waals surface area contributed by atoms with Crippen LogP contribution in [0.5, 0.6) is 0 Å². The fourth-order valence-corrected chi connectivity index (χ4v) is 2.81. The van der Waals surface area contributed by atoms with Crippen molar-refractivity contribution in [3.8, 4) is 0 Å². The molecule has 0 aromatic carbocycles. The Morgan fingerprint density at radius 1 is 1.53 bits per heavy atom. The van der Waals surface area contributed by atoms with Crippen molar-refractivity contribution in [2.75, 3.05) is 26.7 Å². The molecule has 1 aliphatic rings. The summed E-state index contributed by atoms with van der Waals surface area (Å²) in [6.07, 6.45) is 3.43. The predicted molar refractivity (Wildman–Crippen MR) is 72.1 cm³/mol. The monoisotopic (exact) mass is 279 g/mol. The number of likely N-dealkylation sites (N-methyl/N-ethyl adjacent to an activating group) is 1. The summed E-state index contributed by atoms with van der Waals surface area (Å²) in [4.78, 5) is 11.0. The van der Waals surface area contributed by atoms with E-state index in [1.54, 1.807) is 11.3 Å². The predicted octanol–water partition coefficient (Wildman–Crippen LogP) is 0.887. The summed E-state index contributed by atoms with van der Waals surface area (Å²) in [7, 11) is 2.09. The Bertz CT molecular complexity index is 512. The summed E-state index contributed by atoms with van der Waals surface area (Å²) in [6.45, 7) is 2.90. The number of thiazole rings is 1. The van der Waals surface area contributed by atoms with Gasteiger partial charge in [0.1, 0.15) is 0 Å². The van der Waals surface area contributed by atoms with Gasteiger partial charge in [-0.25, -0.2) is 4.98 Å². The summed E-state index contributed by atoms with van der Waals surface area (Å²) < 4.78 is 5.33. The van der Waals surface area contributed by atoms with E-state index in [1.165, 1.54) is 0 Å². The summed E-state index contributed by atoms with van der Waals surface area (Å²) >= 11 is 1.66. The minimum absolute atomic E-state index is 0.214. The molecule has 0 aliphatic carbocycles. The molecular formula is C12H17N5OS. The number of nitrogens with zero attached hydrogens (tertiary/aromatic N) is 4. The first-order valence-electron chi connectivity index (χ1n) is 6.45. The van der Waals surface area contributed by atoms with Crippen LogP contribution in [-0.4, -0.2) is 46.7 Å². The molecule has 0 amide bonds. The zero-order valence-corrected chi connectivity index (χ0v) is 11.7. The van der Waals surface area contributed by atoms with Crippen molar-refractivity contribution in [2.45, 2.75) is 18.9 Å². The lowest BCUT2D eigenvalue weighted by Gasteiger charge is -2.30. The number of aryl methyl sites for hydroxylation is 2. The van der Waals surface area contributed by atoms with Gasteiger partial charge in [0.25, 0.3) is 0 Å². The van der Waals surface area contributed by atoms with Crippen LogP contribution in [0.15, 0.2) is 16.1 Å². The molecule has 19 heavy (non-hydrogen) atoms. The molecule has 7 heteroatoms. The topological polar surface area (TPSA) is 67.1 Å². The molecule has 2 aromatic heterocycles. The third-order valence-electron chi connectivity index (χ3n) is 3.33. The minimum atomic E-state index is 0.214. The standard InChI is InChI=1S/C12H17N5OS/c1-17-6-4-13-8-9(17)12-15-10(18-16-12)2-3-11-14-5-7-19-11/h5,7,9,13H,2-4,6,8H2,1H3. The van der Waals surface area contributed by atoms with E-state index in [9.17, 15) is 0 Å². The van der Waals surface area contributed by atoms with Crippen molar-refractivity contribution >= 4 is 11.3 Å². The highest BCUT2D eigenvalue weighted by Crippen LogP contribution is 2.18. The van der Waals surface area contributed by atoms with Gasteiger partial charge in [0.15, 0.2) is 5.82 Å². The Labute approximate surface area is 115 Å². The maximum Gasteiger partial charge on any atom is 0.227 e. The van der Waals surface area contributed by atoms with E-state index in [0.717, 1.165) is 43.3 Å². The highest BCUT2D eigenvalue weighted by Gasteiger charge is 2.25. The van der Waals surface area contributed by atoms with Crippen LogP contribution in [0.4, 0.5) is 0 Å². The van der Waals surface area contributed by atoms with Gasteiger partial charge in [-0.1, -0.05) is 5.16 Å². The number of aromatic nitrogens is 3. The Hall–Kier alpha value is -1.31. The molecule has 0 bridgehead atoms. The minimum Gasteiger partial charge on any atom is -0.339 e. The summed E-state index contributed by atoms with van der Waals surface area (Å²) in [5.41, 5.74) is 0. The Morgan fingerprint density at radius 3 is 3.26 bits per heavy atom. The maximum atomic E-state index is 5.33. The van der Waals surface area contributed by atoms with Crippen LogP contribution in [0.3, 0.4) is 0 Å². The van der Waals surface area contributed by atoms with Crippen LogP contribution in [0.25, 0.3) is 0 Å². The second kappa shape index (κ2) is 5.77. The zero-order chi connectivity index (χ0) is 13.1. The van der Waals surface area contributed by atoms with Gasteiger partial charge in [-0.3, -0.25) is 4.90 Å². The Kier molecular flexibility index (Phi) is 3.86. The molecule has 6 nitrogen and oxygen atoms in total. The van der Waals surface area contributed by atoms with Crippen LogP contribution >= 0.6 is 11.3 Å². The molecular weight excluding hydrogens is 262 g/mol. The van der Waals surface area contributed by atoms with Crippen molar-refractivity contribution in [3.05, 3.63) is 28.3 Å². The quantitative estimate of drug-likeness (QED) is 0.896. The van der Waals surface area contributed by atoms with Gasteiger partial charge in [0, 0.05) is 44.1 Å². The van der Waals surface area contributed by atoms with Crippen LogP contribution in [0.1, 0.15) is 22.8 Å². The third kappa shape index (κ3) is 2.99. The van der Waals surface area contributed by atoms with Crippen LogP contribution in [0, 0.1) is 0 Å². The molecule has 2 aromatic rings. The van der Waals surface area contributed by atoms with Crippen molar-refractivity contribution in [3.63, 3.8) is 0 Å². The molecule has 0 radical (unpaired) electrons. The van der Waals surface area contributed by atoms with Gasteiger partial charge in [-0.2, -0.15) is 4.98 Å². The van der Waals surface area contributed by atoms with Crippen molar-refractivity contribution in [1.29, 1.82) is 0 Å². The molecule has 1 saturated heterocycles. The first-order valence-corrected chi connectivity index (χ1v) is 7.32. The lowest BCUT2D eigenvalue weighted by molar-refractivity contribution is 0.190. The summed E-state index contributed by atoms with van der Waals surface area (Å²) in [5, 5.41) is 10.6. The summed E-state index contributed by atoms with van der Waals surface area (Å²) in [6, 6.07) is 0.214. The molecule has 0 spiro atoms. The van der Waals surface area contributed by atoms with E-state index in [2.05, 4.69) is 32.4 Å². The van der Waals surface area contributed by atoms with Gasteiger partial charge in [0.05, 0.1) is 11.0 Å². The molecule has 1 N–H and O–H groups in total. The van der Waals surface area contributed by atoms with E-state index in [0.29, 0.717) is 5.89 Å². The molecule has 3 rings (SSSR count). The zero-order valence-electron chi connectivity index (χ0n) is 10.9. The molecule has 1 unspecified atom stereocenters. The van der Waals surface area contributed by atoms with Crippen molar-refractivity contribution < 1.29 is 4.52 Å². The number of rotatable bonds is 4. The second-order valence-corrected chi connectivity index (χ2v) is 5.65. The van der Waals surface area contributed by atoms with Gasteiger partial charge in [0.2, 0.25) is 5.89 Å². The fraction of sp³-hybridized carbons (Fsp3) is 0.583. The first kappa shape index (κ1) is 12.7. The average Bonchev–Trinajstić information content (AvgIpc) is 3.08. The summed E-state index contributed by atoms with van der Waals surface area (Å²) in [5.74, 6) is 1.48. The van der Waals surface area contributed by atoms with Crippen LogP contribution in [-0.2, 0) is 12.8 Å². The molecule has 102 valence electrons. The lowest BCUT2D eigenvalue weighted by atomic mass is 10.2. The van der Waals surface area contributed by atoms with Crippen LogP contribution in [0.2, 0.25) is 0 Å². The van der Waals surface area contributed by atoms with E-state index in [4.69, 9.17) is 4.52 Å². The molecule has 1 aliphatic heterocycles. The van der Waals surface area contributed by atoms with Gasteiger partial charge in [-0.05, 0) is 7.05 Å². The average molecular weight is 279 g/mol. The first-order chi connectivity index (χ1) is 9.33. The second-order valence-electron chi connectivity index (χ2n) is 4.67. The number of piperazine rings is 1. The van der Waals surface area contributed by atoms with Gasteiger partial charge >= 0.3 is 0 Å².